The largest absolute Gasteiger partial charge is 0.489 e. The number of rotatable bonds is 8. The van der Waals surface area contributed by atoms with E-state index in [0.29, 0.717) is 5.75 Å². The van der Waals surface area contributed by atoms with Gasteiger partial charge in [-0.1, -0.05) is 29.8 Å². The van der Waals surface area contributed by atoms with Gasteiger partial charge in [-0.3, -0.25) is 4.79 Å². The molecule has 0 aliphatic heterocycles. The zero-order valence-electron chi connectivity index (χ0n) is 17.4. The van der Waals surface area contributed by atoms with E-state index in [1.807, 2.05) is 0 Å². The number of hydrogen-bond acceptors (Lipinski definition) is 6. The summed E-state index contributed by atoms with van der Waals surface area (Å²) in [5, 5.41) is 2.55. The van der Waals surface area contributed by atoms with E-state index < -0.39 is 28.3 Å². The van der Waals surface area contributed by atoms with Crippen molar-refractivity contribution in [1.82, 2.24) is 0 Å². The van der Waals surface area contributed by atoms with Gasteiger partial charge in [0.05, 0.1) is 21.2 Å². The molecule has 1 N–H and O–H groups in total. The van der Waals surface area contributed by atoms with E-state index in [9.17, 15) is 22.4 Å². The normalized spacial score (nSPS) is 11.0. The van der Waals surface area contributed by atoms with Gasteiger partial charge in [0.1, 0.15) is 18.2 Å². The van der Waals surface area contributed by atoms with Crippen molar-refractivity contribution < 1.29 is 31.9 Å². The fourth-order valence-electron chi connectivity index (χ4n) is 2.69. The molecule has 33 heavy (non-hydrogen) atoms. The second-order valence-electron chi connectivity index (χ2n) is 6.98. The first-order valence-corrected chi connectivity index (χ1v) is 11.8. The molecule has 7 nitrogen and oxygen atoms in total. The fourth-order valence-corrected chi connectivity index (χ4v) is 3.50. The van der Waals surface area contributed by atoms with Gasteiger partial charge in [-0.15, -0.1) is 0 Å². The second kappa shape index (κ2) is 10.5. The molecule has 3 rings (SSSR count). The number of anilines is 1. The van der Waals surface area contributed by atoms with Gasteiger partial charge in [0.2, 0.25) is 0 Å². The highest BCUT2D eigenvalue weighted by Crippen LogP contribution is 2.25. The lowest BCUT2D eigenvalue weighted by Crippen LogP contribution is -2.21. The van der Waals surface area contributed by atoms with Crippen LogP contribution < -0.4 is 10.1 Å². The van der Waals surface area contributed by atoms with Crippen LogP contribution >= 0.6 is 11.6 Å². The minimum absolute atomic E-state index is 0.0170. The van der Waals surface area contributed by atoms with Crippen LogP contribution in [0.3, 0.4) is 0 Å². The number of esters is 1. The average Bonchev–Trinajstić information content (AvgIpc) is 2.78. The number of hydrogen-bond donors (Lipinski definition) is 1. The standard InChI is InChI=1S/C23H19ClFNO6S/c1-33(29,30)19-9-10-20(24)21(12-19)26-22(27)14-32-23(28)16-3-2-4-18(11-16)31-13-15-5-7-17(25)8-6-15/h2-12H,13-14H2,1H3,(H,26,27). The molecule has 0 aliphatic carbocycles. The van der Waals surface area contributed by atoms with Crippen LogP contribution in [0.15, 0.2) is 71.6 Å². The van der Waals surface area contributed by atoms with E-state index in [-0.39, 0.29) is 33.6 Å². The predicted molar refractivity (Wildman–Crippen MR) is 121 cm³/mol. The Kier molecular flexibility index (Phi) is 7.67. The Morgan fingerprint density at radius 3 is 2.45 bits per heavy atom. The van der Waals surface area contributed by atoms with Gasteiger partial charge in [0, 0.05) is 6.26 Å². The summed E-state index contributed by atoms with van der Waals surface area (Å²) >= 11 is 6.00. The summed E-state index contributed by atoms with van der Waals surface area (Å²) in [6.45, 7) is -0.437. The lowest BCUT2D eigenvalue weighted by Gasteiger charge is -2.10. The lowest BCUT2D eigenvalue weighted by molar-refractivity contribution is -0.119. The van der Waals surface area contributed by atoms with Crippen molar-refractivity contribution in [3.05, 3.63) is 88.7 Å². The van der Waals surface area contributed by atoms with E-state index in [1.165, 1.54) is 42.5 Å². The zero-order valence-corrected chi connectivity index (χ0v) is 19.0. The Morgan fingerprint density at radius 2 is 1.76 bits per heavy atom. The van der Waals surface area contributed by atoms with Gasteiger partial charge >= 0.3 is 5.97 Å². The van der Waals surface area contributed by atoms with Crippen molar-refractivity contribution >= 4 is 39.0 Å². The van der Waals surface area contributed by atoms with Crippen molar-refractivity contribution in [2.75, 3.05) is 18.2 Å². The van der Waals surface area contributed by atoms with Crippen molar-refractivity contribution in [3.63, 3.8) is 0 Å². The lowest BCUT2D eigenvalue weighted by atomic mass is 10.2. The number of amides is 1. The molecule has 0 spiro atoms. The van der Waals surface area contributed by atoms with E-state index in [2.05, 4.69) is 5.32 Å². The second-order valence-corrected chi connectivity index (χ2v) is 9.40. The molecule has 0 radical (unpaired) electrons. The van der Waals surface area contributed by atoms with Crippen LogP contribution in [0.4, 0.5) is 10.1 Å². The molecule has 10 heteroatoms. The SMILES string of the molecule is CS(=O)(=O)c1ccc(Cl)c(NC(=O)COC(=O)c2cccc(OCc3ccc(F)cc3)c2)c1. The van der Waals surface area contributed by atoms with Gasteiger partial charge < -0.3 is 14.8 Å². The minimum atomic E-state index is -3.49. The number of ether oxygens (including phenoxy) is 2. The van der Waals surface area contributed by atoms with E-state index in [1.54, 1.807) is 24.3 Å². The van der Waals surface area contributed by atoms with Crippen molar-refractivity contribution in [2.45, 2.75) is 11.5 Å². The highest BCUT2D eigenvalue weighted by atomic mass is 35.5. The predicted octanol–water partition coefficient (Wildman–Crippen LogP) is 4.26. The summed E-state index contributed by atoms with van der Waals surface area (Å²) in [4.78, 5) is 24.5. The smallest absolute Gasteiger partial charge is 0.338 e. The third-order valence-corrected chi connectivity index (χ3v) is 5.80. The van der Waals surface area contributed by atoms with Crippen molar-refractivity contribution in [3.8, 4) is 5.75 Å². The number of benzene rings is 3. The zero-order chi connectivity index (χ0) is 24.0. The maximum Gasteiger partial charge on any atom is 0.338 e. The molecule has 172 valence electrons. The Morgan fingerprint density at radius 1 is 1.03 bits per heavy atom. The molecular weight excluding hydrogens is 473 g/mol. The highest BCUT2D eigenvalue weighted by Gasteiger charge is 2.15. The number of sulfone groups is 1. The van der Waals surface area contributed by atoms with Crippen LogP contribution in [-0.2, 0) is 26.0 Å². The third kappa shape index (κ3) is 7.03. The molecule has 0 heterocycles. The minimum Gasteiger partial charge on any atom is -0.489 e. The molecule has 0 aliphatic rings. The maximum absolute atomic E-state index is 13.0. The summed E-state index contributed by atoms with van der Waals surface area (Å²) in [5.74, 6) is -1.41. The maximum atomic E-state index is 13.0. The molecule has 3 aromatic carbocycles. The Hall–Kier alpha value is -3.43. The molecule has 0 saturated carbocycles. The summed E-state index contributed by atoms with van der Waals surface area (Å²) < 4.78 is 46.9. The first-order chi connectivity index (χ1) is 15.6. The van der Waals surface area contributed by atoms with Gasteiger partial charge in [-0.05, 0) is 54.1 Å². The van der Waals surface area contributed by atoms with Gasteiger partial charge in [-0.25, -0.2) is 17.6 Å². The highest BCUT2D eigenvalue weighted by molar-refractivity contribution is 7.90. The van der Waals surface area contributed by atoms with Crippen LogP contribution in [0.2, 0.25) is 5.02 Å². The summed E-state index contributed by atoms with van der Waals surface area (Å²) in [6.07, 6.45) is 1.03. The number of nitrogens with one attached hydrogen (secondary N) is 1. The summed E-state index contributed by atoms with van der Waals surface area (Å²) in [5.41, 5.74) is 0.994. The van der Waals surface area contributed by atoms with Crippen LogP contribution in [0, 0.1) is 5.82 Å². The number of carbonyl (C=O) groups excluding carboxylic acids is 2. The van der Waals surface area contributed by atoms with E-state index >= 15 is 0 Å². The molecule has 0 bridgehead atoms. The molecular formula is C23H19ClFNO6S. The summed E-state index contributed by atoms with van der Waals surface area (Å²) in [7, 11) is -3.49. The first-order valence-electron chi connectivity index (χ1n) is 9.56. The monoisotopic (exact) mass is 491 g/mol. The Bertz CT molecular complexity index is 1280. The Labute approximate surface area is 195 Å². The van der Waals surface area contributed by atoms with E-state index in [0.717, 1.165) is 11.8 Å². The molecule has 3 aromatic rings. The molecule has 0 saturated heterocycles. The Balaban J connectivity index is 1.57. The van der Waals surface area contributed by atoms with Gasteiger partial charge in [0.15, 0.2) is 16.4 Å². The molecule has 0 atom stereocenters. The van der Waals surface area contributed by atoms with Gasteiger partial charge in [0.25, 0.3) is 5.91 Å². The molecule has 1 amide bonds. The topological polar surface area (TPSA) is 98.8 Å². The molecule has 0 unspecified atom stereocenters. The first kappa shape index (κ1) is 24.2. The molecule has 0 aromatic heterocycles. The van der Waals surface area contributed by atoms with Gasteiger partial charge in [-0.2, -0.15) is 0 Å². The van der Waals surface area contributed by atoms with Crippen LogP contribution in [0.5, 0.6) is 5.75 Å². The van der Waals surface area contributed by atoms with Crippen LogP contribution in [0.1, 0.15) is 15.9 Å². The van der Waals surface area contributed by atoms with E-state index in [4.69, 9.17) is 21.1 Å². The third-order valence-electron chi connectivity index (χ3n) is 4.36. The number of halogens is 2. The van der Waals surface area contributed by atoms with Crippen LogP contribution in [-0.4, -0.2) is 33.2 Å². The fraction of sp³-hybridized carbons (Fsp3) is 0.130. The van der Waals surface area contributed by atoms with Crippen molar-refractivity contribution in [2.24, 2.45) is 0 Å². The number of carbonyl (C=O) groups is 2. The molecule has 0 fully saturated rings. The van der Waals surface area contributed by atoms with Crippen LogP contribution in [0.25, 0.3) is 0 Å². The quantitative estimate of drug-likeness (QED) is 0.473. The van der Waals surface area contributed by atoms with Crippen molar-refractivity contribution in [1.29, 1.82) is 0 Å². The average molecular weight is 492 g/mol. The summed E-state index contributed by atoms with van der Waals surface area (Å²) in [6, 6.07) is 15.9.